The summed E-state index contributed by atoms with van der Waals surface area (Å²) in [5.41, 5.74) is 4.93. The number of allylic oxidation sites excluding steroid dienone is 4. The zero-order chi connectivity index (χ0) is 14.3. The Labute approximate surface area is 145 Å². The van der Waals surface area contributed by atoms with Gasteiger partial charge in [-0.2, -0.15) is 0 Å². The Balaban J connectivity index is 0. The van der Waals surface area contributed by atoms with Crippen LogP contribution in [0.4, 0.5) is 0 Å². The van der Waals surface area contributed by atoms with E-state index in [-0.39, 0.29) is 30.4 Å². The molecule has 1 nitrogen and oxygen atoms in total. The van der Waals surface area contributed by atoms with Gasteiger partial charge in [-0.3, -0.25) is 0 Å². The first kappa shape index (κ1) is 23.2. The van der Waals surface area contributed by atoms with Gasteiger partial charge in [-0.25, -0.2) is 0 Å². The minimum Gasteiger partial charge on any atom is -1.00 e. The van der Waals surface area contributed by atoms with Gasteiger partial charge in [0.05, 0.1) is 0 Å². The number of hydrogen-bond acceptors (Lipinski definition) is 1. The molecule has 0 aromatic heterocycles. The fraction of sp³-hybridized carbons (Fsp3) is 0.733. The summed E-state index contributed by atoms with van der Waals surface area (Å²) in [7, 11) is 0. The van der Waals surface area contributed by atoms with Crippen LogP contribution in [0.3, 0.4) is 0 Å². The number of nitrogens with one attached hydrogen (secondary N) is 1. The molecule has 1 aliphatic rings. The largest absolute Gasteiger partial charge is 1.00 e. The summed E-state index contributed by atoms with van der Waals surface area (Å²) in [6.45, 7) is 20.8. The van der Waals surface area contributed by atoms with Crippen LogP contribution in [0.5, 0.6) is 0 Å². The molecule has 20 heavy (non-hydrogen) atoms. The summed E-state index contributed by atoms with van der Waals surface area (Å²) in [5, 5.41) is 0. The van der Waals surface area contributed by atoms with Gasteiger partial charge in [-0.05, 0) is 0 Å². The van der Waals surface area contributed by atoms with Gasteiger partial charge in [-0.15, -0.1) is 0 Å². The molecule has 0 spiro atoms. The molecule has 0 aromatic rings. The Hall–Kier alpha value is 0.951. The molecule has 0 bridgehead atoms. The average molecular weight is 371 g/mol. The first-order valence-corrected chi connectivity index (χ1v) is 14.2. The summed E-state index contributed by atoms with van der Waals surface area (Å²) in [4.78, 5) is 0. The Morgan fingerprint density at radius 1 is 1.10 bits per heavy atom. The van der Waals surface area contributed by atoms with Crippen LogP contribution >= 0.6 is 0 Å². The second kappa shape index (κ2) is 7.99. The fourth-order valence-corrected chi connectivity index (χ4v) is 17.5. The quantitative estimate of drug-likeness (QED) is 0.588. The fourth-order valence-electron chi connectivity index (χ4n) is 2.89. The van der Waals surface area contributed by atoms with Crippen LogP contribution in [0, 0.1) is 0 Å². The van der Waals surface area contributed by atoms with Crippen molar-refractivity contribution in [3.63, 3.8) is 0 Å². The topological polar surface area (TPSA) is 12.0 Å². The van der Waals surface area contributed by atoms with Gasteiger partial charge < -0.3 is 24.8 Å². The van der Waals surface area contributed by atoms with E-state index in [1.54, 1.807) is 5.57 Å². The van der Waals surface area contributed by atoms with Crippen molar-refractivity contribution in [1.29, 1.82) is 0 Å². The Kier molecular flexibility index (Phi) is 9.27. The van der Waals surface area contributed by atoms with E-state index in [1.807, 2.05) is 0 Å². The van der Waals surface area contributed by atoms with Crippen molar-refractivity contribution in [3.05, 3.63) is 22.8 Å². The number of rotatable bonds is 3. The molecule has 117 valence electrons. The Bertz CT molecular complexity index is 399. The third-order valence-electron chi connectivity index (χ3n) is 4.08. The van der Waals surface area contributed by atoms with Gasteiger partial charge in [-0.1, -0.05) is 0 Å². The summed E-state index contributed by atoms with van der Waals surface area (Å²) >= 11 is -1.30. The average Bonchev–Trinajstić information content (AvgIpc) is 2.39. The molecule has 1 aliphatic carbocycles. The number of hydrogen-bond donors (Lipinski definition) is 1. The van der Waals surface area contributed by atoms with Crippen LogP contribution in [-0.2, 0) is 17.4 Å². The Morgan fingerprint density at radius 2 is 1.55 bits per heavy atom. The van der Waals surface area contributed by atoms with Crippen LogP contribution < -0.4 is 28.6 Å². The van der Waals surface area contributed by atoms with E-state index in [4.69, 9.17) is 0 Å². The Morgan fingerprint density at radius 3 is 1.80 bits per heavy atom. The normalized spacial score (nSPS) is 22.4. The standard InChI is InChI=1S/C9H13.C4H10N.C2H7Si.2ClH.Ti/c1-6-5-7(2)9(4)8(6)3;1-4(2,3)5;1-3-2;;;/h5H,1-4H3;5H,1-3H3;3H,1-2H3;2*1H;/q;-1;;;;+3/p-2. The van der Waals surface area contributed by atoms with Crippen molar-refractivity contribution >= 4 is 6.66 Å². The molecule has 1 unspecified atom stereocenters. The van der Waals surface area contributed by atoms with Crippen LogP contribution in [0.2, 0.25) is 16.8 Å². The zero-order valence-electron chi connectivity index (χ0n) is 14.4. The van der Waals surface area contributed by atoms with Crippen molar-refractivity contribution in [2.24, 2.45) is 0 Å². The van der Waals surface area contributed by atoms with Gasteiger partial charge in [0.1, 0.15) is 0 Å². The molecule has 0 heterocycles. The molecule has 0 fully saturated rings. The maximum atomic E-state index is 4.06. The van der Waals surface area contributed by atoms with Gasteiger partial charge in [0.2, 0.25) is 0 Å². The summed E-state index contributed by atoms with van der Waals surface area (Å²) in [6.07, 6.45) is 2.57. The molecule has 0 amide bonds. The predicted octanol–water partition coefficient (Wildman–Crippen LogP) is -1.63. The van der Waals surface area contributed by atoms with E-state index in [0.29, 0.717) is 3.72 Å². The smallest absolute Gasteiger partial charge is 1.00 e. The monoisotopic (exact) mass is 370 g/mol. The third kappa shape index (κ3) is 5.00. The van der Waals surface area contributed by atoms with Crippen LogP contribution in [0.15, 0.2) is 22.8 Å². The zero-order valence-corrected chi connectivity index (χ0v) is 18.6. The maximum absolute atomic E-state index is 4.06. The van der Waals surface area contributed by atoms with E-state index in [9.17, 15) is 0 Å². The molecule has 5 heteroatoms. The second-order valence-corrected chi connectivity index (χ2v) is 20.6. The molecule has 0 aliphatic heterocycles. The molecule has 0 saturated heterocycles. The van der Waals surface area contributed by atoms with Crippen molar-refractivity contribution in [2.45, 2.75) is 70.8 Å². The minimum atomic E-state index is -1.30. The maximum Gasteiger partial charge on any atom is -1.00 e. The molecule has 0 radical (unpaired) electrons. The molecular formula is C15H30Cl2NSiTi. The SMILES string of the molecule is CC1=C[C](C)([Ti+2]([NH]C(C)(C)C)[SiH](C)C)C(C)=C1C.[Cl-].[Cl-]. The van der Waals surface area contributed by atoms with Crippen LogP contribution in [0.25, 0.3) is 0 Å². The van der Waals surface area contributed by atoms with E-state index in [1.165, 1.54) is 11.1 Å². The third-order valence-corrected chi connectivity index (χ3v) is 17.9. The molecule has 1 atom stereocenters. The van der Waals surface area contributed by atoms with Crippen LogP contribution in [0.1, 0.15) is 48.5 Å². The van der Waals surface area contributed by atoms with Crippen molar-refractivity contribution in [3.8, 4) is 0 Å². The van der Waals surface area contributed by atoms with E-state index in [0.717, 1.165) is 0 Å². The van der Waals surface area contributed by atoms with Gasteiger partial charge in [0, 0.05) is 0 Å². The van der Waals surface area contributed by atoms with Crippen molar-refractivity contribution < 1.29 is 42.2 Å². The first-order valence-electron chi connectivity index (χ1n) is 7.02. The van der Waals surface area contributed by atoms with E-state index < -0.39 is 24.0 Å². The molecular weight excluding hydrogens is 341 g/mol. The summed E-state index contributed by atoms with van der Waals surface area (Å²) < 4.78 is 4.44. The second-order valence-electron chi connectivity index (χ2n) is 7.22. The minimum absolute atomic E-state index is 0. The molecule has 0 aromatic carbocycles. The van der Waals surface area contributed by atoms with Gasteiger partial charge >= 0.3 is 121 Å². The molecule has 0 saturated carbocycles. The van der Waals surface area contributed by atoms with Crippen LogP contribution in [-0.4, -0.2) is 12.2 Å². The molecule has 1 rings (SSSR count). The van der Waals surface area contributed by atoms with E-state index >= 15 is 0 Å². The summed E-state index contributed by atoms with van der Waals surface area (Å²) in [5.74, 6) is 0. The van der Waals surface area contributed by atoms with Crippen molar-refractivity contribution in [1.82, 2.24) is 3.80 Å². The van der Waals surface area contributed by atoms with Crippen molar-refractivity contribution in [2.75, 3.05) is 0 Å². The van der Waals surface area contributed by atoms with Gasteiger partial charge in [0.25, 0.3) is 0 Å². The molecule has 1 N–H and O–H groups in total. The summed E-state index contributed by atoms with van der Waals surface area (Å²) in [6, 6.07) is 0. The van der Waals surface area contributed by atoms with E-state index in [2.05, 4.69) is 71.4 Å². The first-order chi connectivity index (χ1) is 7.99. The number of halogens is 2. The predicted molar refractivity (Wildman–Crippen MR) is 82.3 cm³/mol. The van der Waals surface area contributed by atoms with Gasteiger partial charge in [0.15, 0.2) is 0 Å².